The lowest BCUT2D eigenvalue weighted by Crippen LogP contribution is -2.47. The van der Waals surface area contributed by atoms with Gasteiger partial charge in [-0.05, 0) is 18.1 Å². The minimum atomic E-state index is -0.595. The van der Waals surface area contributed by atoms with Crippen molar-refractivity contribution in [2.75, 3.05) is 6.54 Å². The lowest BCUT2D eigenvalue weighted by atomic mass is 10.1. The summed E-state index contributed by atoms with van der Waals surface area (Å²) in [5, 5.41) is 5.11. The number of hydrogen-bond donors (Lipinski definition) is 3. The Kier molecular flexibility index (Phi) is 7.86. The Hall–Kier alpha value is -1.53. The lowest BCUT2D eigenvalue weighted by Gasteiger charge is -2.14. The predicted molar refractivity (Wildman–Crippen MR) is 73.6 cm³/mol. The van der Waals surface area contributed by atoms with Gasteiger partial charge in [0, 0.05) is 0 Å². The average molecular weight is 290 g/mol. The number of hydrogen-bond acceptors (Lipinski definition) is 4. The van der Waals surface area contributed by atoms with Gasteiger partial charge in [-0.3, -0.25) is 9.59 Å². The van der Waals surface area contributed by atoms with Crippen LogP contribution in [0.1, 0.15) is 19.6 Å². The second-order valence-electron chi connectivity index (χ2n) is 4.34. The molecule has 108 valence electrons. The Bertz CT molecular complexity index is 393. The molecule has 0 fully saturated rings. The smallest absolute Gasteiger partial charge is 0.239 e. The highest BCUT2D eigenvalue weighted by atomic mass is 35.5. The van der Waals surface area contributed by atoms with E-state index < -0.39 is 6.04 Å². The van der Waals surface area contributed by atoms with Crippen molar-refractivity contribution >= 4 is 24.2 Å². The van der Waals surface area contributed by atoms with Crippen LogP contribution in [0, 0.1) is 5.92 Å². The van der Waals surface area contributed by atoms with Gasteiger partial charge in [0.25, 0.3) is 0 Å². The fraction of sp³-hybridized carbons (Fsp3) is 0.500. The van der Waals surface area contributed by atoms with Crippen LogP contribution in [0.2, 0.25) is 0 Å². The molecule has 4 N–H and O–H groups in total. The normalized spacial score (nSPS) is 11.6. The first-order valence-corrected chi connectivity index (χ1v) is 5.83. The van der Waals surface area contributed by atoms with Gasteiger partial charge in [0.15, 0.2) is 0 Å². The highest BCUT2D eigenvalue weighted by Crippen LogP contribution is 1.98. The molecule has 1 heterocycles. The van der Waals surface area contributed by atoms with Crippen molar-refractivity contribution in [3.8, 4) is 0 Å². The van der Waals surface area contributed by atoms with Gasteiger partial charge in [-0.25, -0.2) is 0 Å². The molecule has 0 aliphatic carbocycles. The molecule has 0 aliphatic heterocycles. The minimum absolute atomic E-state index is 0. The summed E-state index contributed by atoms with van der Waals surface area (Å²) in [7, 11) is 0. The molecule has 0 saturated carbocycles. The van der Waals surface area contributed by atoms with Crippen LogP contribution in [0.4, 0.5) is 0 Å². The third-order valence-electron chi connectivity index (χ3n) is 2.48. The van der Waals surface area contributed by atoms with Gasteiger partial charge >= 0.3 is 0 Å². The van der Waals surface area contributed by atoms with E-state index in [1.165, 1.54) is 6.26 Å². The number of nitrogens with two attached hydrogens (primary N) is 1. The van der Waals surface area contributed by atoms with Crippen LogP contribution in [-0.4, -0.2) is 24.4 Å². The highest BCUT2D eigenvalue weighted by molar-refractivity contribution is 5.87. The molecule has 0 aliphatic rings. The number of nitrogens with one attached hydrogen (secondary N) is 2. The molecule has 0 bridgehead atoms. The van der Waals surface area contributed by atoms with E-state index in [1.807, 2.05) is 13.8 Å². The van der Waals surface area contributed by atoms with E-state index in [-0.39, 0.29) is 36.7 Å². The number of furan rings is 1. The van der Waals surface area contributed by atoms with Crippen molar-refractivity contribution in [3.05, 3.63) is 24.2 Å². The van der Waals surface area contributed by atoms with Gasteiger partial charge in [0.2, 0.25) is 11.8 Å². The summed E-state index contributed by atoms with van der Waals surface area (Å²) in [4.78, 5) is 22.9. The average Bonchev–Trinajstić information content (AvgIpc) is 2.85. The monoisotopic (exact) mass is 289 g/mol. The fourth-order valence-corrected chi connectivity index (χ4v) is 1.25. The summed E-state index contributed by atoms with van der Waals surface area (Å²) in [5.74, 6) is 0.0959. The first kappa shape index (κ1) is 17.5. The predicted octanol–water partition coefficient (Wildman–Crippen LogP) is 0.417. The molecule has 0 aromatic carbocycles. The van der Waals surface area contributed by atoms with E-state index in [0.717, 1.165) is 0 Å². The third kappa shape index (κ3) is 6.26. The second kappa shape index (κ2) is 8.55. The van der Waals surface area contributed by atoms with Crippen LogP contribution in [0.5, 0.6) is 0 Å². The van der Waals surface area contributed by atoms with E-state index in [1.54, 1.807) is 12.1 Å². The van der Waals surface area contributed by atoms with E-state index in [9.17, 15) is 9.59 Å². The van der Waals surface area contributed by atoms with E-state index in [4.69, 9.17) is 10.2 Å². The van der Waals surface area contributed by atoms with Crippen LogP contribution in [0.15, 0.2) is 22.8 Å². The summed E-state index contributed by atoms with van der Waals surface area (Å²) in [5.41, 5.74) is 5.64. The molecule has 1 rings (SSSR count). The Balaban J connectivity index is 0.00000324. The molecule has 0 unspecified atom stereocenters. The Morgan fingerprint density at radius 2 is 2.05 bits per heavy atom. The van der Waals surface area contributed by atoms with Crippen molar-refractivity contribution in [3.63, 3.8) is 0 Å². The Morgan fingerprint density at radius 3 is 2.58 bits per heavy atom. The quantitative estimate of drug-likeness (QED) is 0.707. The van der Waals surface area contributed by atoms with Gasteiger partial charge in [-0.2, -0.15) is 0 Å². The van der Waals surface area contributed by atoms with Crippen LogP contribution in [0.3, 0.4) is 0 Å². The molecule has 1 aromatic rings. The Morgan fingerprint density at radius 1 is 1.37 bits per heavy atom. The number of carbonyl (C=O) groups excluding carboxylic acids is 2. The van der Waals surface area contributed by atoms with Crippen molar-refractivity contribution in [2.24, 2.45) is 11.7 Å². The van der Waals surface area contributed by atoms with Crippen molar-refractivity contribution < 1.29 is 14.0 Å². The summed E-state index contributed by atoms with van der Waals surface area (Å²) < 4.78 is 5.06. The van der Waals surface area contributed by atoms with Crippen LogP contribution >= 0.6 is 12.4 Å². The molecule has 6 nitrogen and oxygen atoms in total. The maximum Gasteiger partial charge on any atom is 0.239 e. The zero-order valence-corrected chi connectivity index (χ0v) is 11.8. The van der Waals surface area contributed by atoms with Crippen LogP contribution in [0.25, 0.3) is 0 Å². The molecule has 19 heavy (non-hydrogen) atoms. The van der Waals surface area contributed by atoms with E-state index in [0.29, 0.717) is 12.3 Å². The molecule has 0 saturated heterocycles. The molecular weight excluding hydrogens is 270 g/mol. The van der Waals surface area contributed by atoms with Crippen molar-refractivity contribution in [1.29, 1.82) is 0 Å². The standard InChI is InChI=1S/C12H19N3O3.ClH/c1-8(2)11(13)12(17)15-7-10(16)14-6-9-4-3-5-18-9;/h3-5,8,11H,6-7,13H2,1-2H3,(H,14,16)(H,15,17);1H/t11-;/m0./s1. The maximum absolute atomic E-state index is 11.5. The largest absolute Gasteiger partial charge is 0.467 e. The number of amides is 2. The zero-order valence-electron chi connectivity index (χ0n) is 11.0. The van der Waals surface area contributed by atoms with Gasteiger partial charge in [-0.15, -0.1) is 12.4 Å². The summed E-state index contributed by atoms with van der Waals surface area (Å²) >= 11 is 0. The van der Waals surface area contributed by atoms with Gasteiger partial charge in [0.05, 0.1) is 25.4 Å². The molecular formula is C12H20ClN3O3. The first-order valence-electron chi connectivity index (χ1n) is 5.83. The molecule has 0 radical (unpaired) electrons. The Labute approximate surface area is 118 Å². The molecule has 0 spiro atoms. The van der Waals surface area contributed by atoms with Gasteiger partial charge in [0.1, 0.15) is 5.76 Å². The maximum atomic E-state index is 11.5. The third-order valence-corrected chi connectivity index (χ3v) is 2.48. The molecule has 1 atom stereocenters. The number of halogens is 1. The SMILES string of the molecule is CC(C)[C@H](N)C(=O)NCC(=O)NCc1ccco1.Cl. The zero-order chi connectivity index (χ0) is 13.5. The molecule has 1 aromatic heterocycles. The van der Waals surface area contributed by atoms with Gasteiger partial charge < -0.3 is 20.8 Å². The summed E-state index contributed by atoms with van der Waals surface area (Å²) in [6.45, 7) is 3.92. The fourth-order valence-electron chi connectivity index (χ4n) is 1.25. The van der Waals surface area contributed by atoms with Crippen molar-refractivity contribution in [1.82, 2.24) is 10.6 Å². The second-order valence-corrected chi connectivity index (χ2v) is 4.34. The molecule has 7 heteroatoms. The first-order chi connectivity index (χ1) is 8.50. The topological polar surface area (TPSA) is 97.4 Å². The number of carbonyl (C=O) groups is 2. The van der Waals surface area contributed by atoms with Crippen LogP contribution < -0.4 is 16.4 Å². The molecule has 2 amide bonds. The van der Waals surface area contributed by atoms with E-state index >= 15 is 0 Å². The van der Waals surface area contributed by atoms with E-state index in [2.05, 4.69) is 10.6 Å². The van der Waals surface area contributed by atoms with Gasteiger partial charge in [-0.1, -0.05) is 13.8 Å². The minimum Gasteiger partial charge on any atom is -0.467 e. The summed E-state index contributed by atoms with van der Waals surface area (Å²) in [6, 6.07) is 2.90. The van der Waals surface area contributed by atoms with Crippen molar-refractivity contribution in [2.45, 2.75) is 26.4 Å². The summed E-state index contributed by atoms with van der Waals surface area (Å²) in [6.07, 6.45) is 1.53. The number of rotatable bonds is 6. The lowest BCUT2D eigenvalue weighted by molar-refractivity contribution is -0.127. The van der Waals surface area contributed by atoms with Crippen LogP contribution in [-0.2, 0) is 16.1 Å². The highest BCUT2D eigenvalue weighted by Gasteiger charge is 2.17.